The van der Waals surface area contributed by atoms with Gasteiger partial charge in [0.05, 0.1) is 6.10 Å². The fourth-order valence-electron chi connectivity index (χ4n) is 2.16. The third-order valence-corrected chi connectivity index (χ3v) is 2.82. The van der Waals surface area contributed by atoms with Gasteiger partial charge in [-0.15, -0.1) is 0 Å². The van der Waals surface area contributed by atoms with Crippen molar-refractivity contribution in [2.45, 2.75) is 57.3 Å². The van der Waals surface area contributed by atoms with Crippen LogP contribution in [0.5, 0.6) is 0 Å². The molecule has 0 bridgehead atoms. The number of aliphatic hydroxyl groups is 1. The van der Waals surface area contributed by atoms with Crippen LogP contribution in [0.25, 0.3) is 0 Å². The summed E-state index contributed by atoms with van der Waals surface area (Å²) >= 11 is 0. The molecule has 2 aliphatic heterocycles. The van der Waals surface area contributed by atoms with Gasteiger partial charge >= 0.3 is 0 Å². The summed E-state index contributed by atoms with van der Waals surface area (Å²) in [6.07, 6.45) is -2.21. The number of fused-ring (bicyclic) bond motifs is 1. The Morgan fingerprint density at radius 1 is 1.20 bits per heavy atom. The second-order valence-corrected chi connectivity index (χ2v) is 4.50. The second kappa shape index (κ2) is 3.68. The lowest BCUT2D eigenvalue weighted by Gasteiger charge is -2.37. The summed E-state index contributed by atoms with van der Waals surface area (Å²) in [6, 6.07) is 0. The highest BCUT2D eigenvalue weighted by Gasteiger charge is 2.53. The molecule has 0 spiro atoms. The molecule has 0 aliphatic carbocycles. The highest BCUT2D eigenvalue weighted by molar-refractivity contribution is 4.94. The van der Waals surface area contributed by atoms with E-state index in [1.807, 2.05) is 20.8 Å². The number of aliphatic hydroxyl groups excluding tert-OH is 1. The lowest BCUT2D eigenvalue weighted by Crippen LogP contribution is -2.55. The average molecular weight is 218 g/mol. The van der Waals surface area contributed by atoms with E-state index in [0.717, 1.165) is 0 Å². The van der Waals surface area contributed by atoms with Crippen LogP contribution in [0.3, 0.4) is 0 Å². The van der Waals surface area contributed by atoms with E-state index in [9.17, 15) is 5.11 Å². The van der Waals surface area contributed by atoms with Crippen LogP contribution in [0, 0.1) is 0 Å². The van der Waals surface area contributed by atoms with E-state index < -0.39 is 18.2 Å². The molecule has 0 radical (unpaired) electrons. The van der Waals surface area contributed by atoms with E-state index in [0.29, 0.717) is 0 Å². The van der Waals surface area contributed by atoms with Crippen LogP contribution in [-0.4, -0.2) is 48.7 Å². The number of ether oxygens (including phenoxy) is 4. The van der Waals surface area contributed by atoms with Crippen LogP contribution in [0.2, 0.25) is 0 Å². The summed E-state index contributed by atoms with van der Waals surface area (Å²) < 4.78 is 21.8. The molecule has 0 aromatic carbocycles. The first-order chi connectivity index (χ1) is 6.94. The lowest BCUT2D eigenvalue weighted by atomic mass is 10.0. The number of hydrogen-bond acceptors (Lipinski definition) is 5. The Balaban J connectivity index is 2.16. The molecule has 88 valence electrons. The van der Waals surface area contributed by atoms with E-state index >= 15 is 0 Å². The highest BCUT2D eigenvalue weighted by atomic mass is 16.8. The third-order valence-electron chi connectivity index (χ3n) is 2.82. The Kier molecular flexibility index (Phi) is 2.77. The zero-order valence-electron chi connectivity index (χ0n) is 9.47. The minimum atomic E-state index is -0.807. The largest absolute Gasteiger partial charge is 0.385 e. The molecule has 1 N–H and O–H groups in total. The van der Waals surface area contributed by atoms with Crippen molar-refractivity contribution in [3.8, 4) is 0 Å². The predicted molar refractivity (Wildman–Crippen MR) is 51.2 cm³/mol. The van der Waals surface area contributed by atoms with Gasteiger partial charge in [-0.05, 0) is 20.8 Å². The minimum Gasteiger partial charge on any atom is -0.385 e. The molecule has 0 aromatic heterocycles. The molecule has 2 heterocycles. The Hall–Kier alpha value is -0.200. The maximum absolute atomic E-state index is 9.93. The molecular formula is C10H18O5. The normalized spacial score (nSPS) is 49.0. The topological polar surface area (TPSA) is 57.2 Å². The molecule has 2 saturated heterocycles. The van der Waals surface area contributed by atoms with Gasteiger partial charge < -0.3 is 24.1 Å². The fraction of sp³-hybridized carbons (Fsp3) is 1.00. The van der Waals surface area contributed by atoms with Crippen molar-refractivity contribution in [1.82, 2.24) is 0 Å². The fourth-order valence-corrected chi connectivity index (χ4v) is 2.16. The van der Waals surface area contributed by atoms with Crippen LogP contribution >= 0.6 is 0 Å². The molecule has 5 atom stereocenters. The molecule has 5 nitrogen and oxygen atoms in total. The Morgan fingerprint density at radius 2 is 1.80 bits per heavy atom. The van der Waals surface area contributed by atoms with Crippen molar-refractivity contribution in [1.29, 1.82) is 0 Å². The molecule has 0 aromatic rings. The van der Waals surface area contributed by atoms with Crippen molar-refractivity contribution in [2.75, 3.05) is 7.11 Å². The first kappa shape index (κ1) is 11.3. The SMILES string of the molecule is CO[C@@H]1O[C@@H](C)[C@H]2OC(C)(C)O[C@H]2[C@@H]1O. The van der Waals surface area contributed by atoms with Crippen molar-refractivity contribution in [3.05, 3.63) is 0 Å². The molecule has 0 unspecified atom stereocenters. The number of rotatable bonds is 1. The zero-order chi connectivity index (χ0) is 11.2. The van der Waals surface area contributed by atoms with Gasteiger partial charge in [-0.25, -0.2) is 0 Å². The second-order valence-electron chi connectivity index (χ2n) is 4.50. The zero-order valence-corrected chi connectivity index (χ0v) is 9.47. The molecule has 15 heavy (non-hydrogen) atoms. The molecule has 2 aliphatic rings. The lowest BCUT2D eigenvalue weighted by molar-refractivity contribution is -0.265. The highest BCUT2D eigenvalue weighted by Crippen LogP contribution is 2.37. The molecular weight excluding hydrogens is 200 g/mol. The maximum Gasteiger partial charge on any atom is 0.186 e. The summed E-state index contributed by atoms with van der Waals surface area (Å²) in [5.74, 6) is -0.670. The van der Waals surface area contributed by atoms with Crippen LogP contribution in [0.4, 0.5) is 0 Å². The van der Waals surface area contributed by atoms with E-state index in [4.69, 9.17) is 18.9 Å². The monoisotopic (exact) mass is 218 g/mol. The van der Waals surface area contributed by atoms with Crippen LogP contribution in [0.15, 0.2) is 0 Å². The third kappa shape index (κ3) is 1.90. The summed E-state index contributed by atoms with van der Waals surface area (Å²) in [6.45, 7) is 5.54. The van der Waals surface area contributed by atoms with Gasteiger partial charge in [0.15, 0.2) is 12.1 Å². The Labute approximate surface area is 89.3 Å². The number of hydrogen-bond donors (Lipinski definition) is 1. The van der Waals surface area contributed by atoms with Gasteiger partial charge in [-0.2, -0.15) is 0 Å². The summed E-state index contributed by atoms with van der Waals surface area (Å²) in [4.78, 5) is 0. The van der Waals surface area contributed by atoms with Gasteiger partial charge in [0.2, 0.25) is 0 Å². The van der Waals surface area contributed by atoms with Gasteiger partial charge in [0, 0.05) is 7.11 Å². The molecule has 2 rings (SSSR count). The number of methoxy groups -OCH3 is 1. The Morgan fingerprint density at radius 3 is 2.40 bits per heavy atom. The molecule has 0 amide bonds. The maximum atomic E-state index is 9.93. The molecule has 2 fully saturated rings. The van der Waals surface area contributed by atoms with Crippen LogP contribution in [-0.2, 0) is 18.9 Å². The standard InChI is InChI=1S/C10H18O5/c1-5-7-8(15-10(2,3)14-7)6(11)9(12-4)13-5/h5-9,11H,1-4H3/t5-,6-,7+,8-,9+/m0/s1. The molecule has 5 heteroatoms. The summed E-state index contributed by atoms with van der Waals surface area (Å²) in [7, 11) is 1.50. The first-order valence-electron chi connectivity index (χ1n) is 5.16. The quantitative estimate of drug-likeness (QED) is 0.684. The van der Waals surface area contributed by atoms with Crippen molar-refractivity contribution in [3.63, 3.8) is 0 Å². The van der Waals surface area contributed by atoms with E-state index in [2.05, 4.69) is 0 Å². The van der Waals surface area contributed by atoms with Gasteiger partial charge in [0.1, 0.15) is 18.3 Å². The van der Waals surface area contributed by atoms with E-state index in [1.165, 1.54) is 7.11 Å². The van der Waals surface area contributed by atoms with Crippen molar-refractivity contribution < 1.29 is 24.1 Å². The smallest absolute Gasteiger partial charge is 0.186 e. The first-order valence-corrected chi connectivity index (χ1v) is 5.16. The summed E-state index contributed by atoms with van der Waals surface area (Å²) in [5.41, 5.74) is 0. The van der Waals surface area contributed by atoms with Gasteiger partial charge in [-0.3, -0.25) is 0 Å². The minimum absolute atomic E-state index is 0.148. The Bertz CT molecular complexity index is 242. The van der Waals surface area contributed by atoms with Crippen LogP contribution in [0.1, 0.15) is 20.8 Å². The van der Waals surface area contributed by atoms with Gasteiger partial charge in [-0.1, -0.05) is 0 Å². The predicted octanol–water partition coefficient (Wildman–Crippen LogP) is 0.259. The van der Waals surface area contributed by atoms with E-state index in [1.54, 1.807) is 0 Å². The van der Waals surface area contributed by atoms with Crippen molar-refractivity contribution >= 4 is 0 Å². The van der Waals surface area contributed by atoms with E-state index in [-0.39, 0.29) is 18.3 Å². The van der Waals surface area contributed by atoms with Crippen molar-refractivity contribution in [2.24, 2.45) is 0 Å². The van der Waals surface area contributed by atoms with Gasteiger partial charge in [0.25, 0.3) is 0 Å². The average Bonchev–Trinajstić information content (AvgIpc) is 2.48. The molecule has 0 saturated carbocycles. The summed E-state index contributed by atoms with van der Waals surface area (Å²) in [5, 5.41) is 9.93. The van der Waals surface area contributed by atoms with Crippen LogP contribution < -0.4 is 0 Å².